The second-order valence-electron chi connectivity index (χ2n) is 14.2. The Morgan fingerprint density at radius 1 is 1.07 bits per heavy atom. The van der Waals surface area contributed by atoms with E-state index in [2.05, 4.69) is 20.5 Å². The Labute approximate surface area is 259 Å². The van der Waals surface area contributed by atoms with E-state index >= 15 is 0 Å². The van der Waals surface area contributed by atoms with Crippen molar-refractivity contribution in [3.05, 3.63) is 41.1 Å². The number of carbonyl (C=O) groups is 2. The van der Waals surface area contributed by atoms with Crippen molar-refractivity contribution in [3.8, 4) is 5.75 Å². The number of aliphatic hydroxyl groups is 1. The number of phenols is 1. The summed E-state index contributed by atoms with van der Waals surface area (Å²) in [4.78, 5) is 39.8. The number of aliphatic hydroxyl groups excluding tert-OH is 1. The highest BCUT2D eigenvalue weighted by molar-refractivity contribution is 5.93. The molecule has 2 amide bonds. The maximum Gasteiger partial charge on any atom is 0.410 e. The van der Waals surface area contributed by atoms with Gasteiger partial charge in [-0.25, -0.2) is 9.78 Å². The fourth-order valence-electron chi connectivity index (χ4n) is 7.12. The molecule has 2 aliphatic carbocycles. The van der Waals surface area contributed by atoms with Crippen LogP contribution in [0, 0.1) is 5.41 Å². The molecule has 0 radical (unpaired) electrons. The number of hydrogen-bond donors (Lipinski definition) is 4. The van der Waals surface area contributed by atoms with Crippen molar-refractivity contribution < 1.29 is 24.5 Å². The molecule has 0 bridgehead atoms. The van der Waals surface area contributed by atoms with Crippen LogP contribution in [0.25, 0.3) is 0 Å². The van der Waals surface area contributed by atoms with Crippen LogP contribution >= 0.6 is 0 Å². The molecule has 2 saturated carbocycles. The number of hydrogen-bond acceptors (Lipinski definition) is 9. The minimum atomic E-state index is -1.07. The average Bonchev–Trinajstić information content (AvgIpc) is 2.95. The molecule has 1 spiro atoms. The molecular formula is C33H46N6O5. The minimum absolute atomic E-state index is 0.0762. The second-order valence-corrected chi connectivity index (χ2v) is 14.2. The number of carbonyl (C=O) groups excluding carboxylic acids is 2. The predicted octanol–water partition coefficient (Wildman–Crippen LogP) is 4.37. The van der Waals surface area contributed by atoms with Crippen LogP contribution in [0.5, 0.6) is 5.75 Å². The van der Waals surface area contributed by atoms with Crippen molar-refractivity contribution in [3.63, 3.8) is 0 Å². The lowest BCUT2D eigenvalue weighted by Crippen LogP contribution is -2.54. The summed E-state index contributed by atoms with van der Waals surface area (Å²) in [5.74, 6) is 0.929. The highest BCUT2D eigenvalue weighted by Gasteiger charge is 2.48. The Hall–Kier alpha value is -3.60. The highest BCUT2D eigenvalue weighted by Crippen LogP contribution is 2.56. The summed E-state index contributed by atoms with van der Waals surface area (Å²) in [6.07, 6.45) is 8.27. The number of nitrogens with one attached hydrogen (secondary N) is 2. The molecule has 3 heterocycles. The van der Waals surface area contributed by atoms with Gasteiger partial charge in [-0.1, -0.05) is 12.5 Å². The predicted molar refractivity (Wildman–Crippen MR) is 167 cm³/mol. The normalized spacial score (nSPS) is 22.0. The van der Waals surface area contributed by atoms with Crippen molar-refractivity contribution in [1.82, 2.24) is 20.2 Å². The number of piperidine rings is 1. The van der Waals surface area contributed by atoms with Crippen LogP contribution in [0.3, 0.4) is 0 Å². The molecule has 2 aromatic rings. The standard InChI is InChI=1S/C33H46N6O5/c1-32(2,3)44-31(43)39-20-22-14-24(40)9-8-21(22)15-26(39)27(41)19-34-29(42)25-16-28(35-23-17-33(18-23)10-7-11-33)37-30(36-25)38-12-5-4-6-13-38/h8-9,14,16,23,26-27,40-41H,4-7,10-13,15,17-20H2,1-3H3,(H,34,42)(H,35,36,37)/t26-,27+/m0/s1. The number of fused-ring (bicyclic) bond motifs is 1. The molecule has 2 aliphatic heterocycles. The molecule has 4 aliphatic rings. The van der Waals surface area contributed by atoms with E-state index in [4.69, 9.17) is 9.72 Å². The Balaban J connectivity index is 1.16. The van der Waals surface area contributed by atoms with Crippen molar-refractivity contribution in [1.29, 1.82) is 0 Å². The first-order valence-electron chi connectivity index (χ1n) is 16.1. The number of ether oxygens (including phenoxy) is 1. The molecule has 1 saturated heterocycles. The third-order valence-electron chi connectivity index (χ3n) is 9.61. The molecule has 3 fully saturated rings. The SMILES string of the molecule is CC(C)(C)OC(=O)N1Cc2cc(O)ccc2C[C@H]1[C@H](O)CNC(=O)c1cc(NC2CC3(CCC3)C2)nc(N2CCCCC2)n1. The third kappa shape index (κ3) is 6.72. The number of aromatic nitrogens is 2. The second kappa shape index (κ2) is 12.1. The number of benzene rings is 1. The quantitative estimate of drug-likeness (QED) is 0.362. The Morgan fingerprint density at radius 3 is 2.50 bits per heavy atom. The third-order valence-corrected chi connectivity index (χ3v) is 9.61. The maximum absolute atomic E-state index is 13.5. The van der Waals surface area contributed by atoms with Gasteiger partial charge in [0.1, 0.15) is 22.9 Å². The number of aromatic hydroxyl groups is 1. The van der Waals surface area contributed by atoms with Crippen LogP contribution in [-0.4, -0.2) is 80.5 Å². The smallest absolute Gasteiger partial charge is 0.410 e. The molecule has 1 aromatic heterocycles. The summed E-state index contributed by atoms with van der Waals surface area (Å²) in [5.41, 5.74) is 1.77. The fraction of sp³-hybridized carbons (Fsp3) is 0.636. The van der Waals surface area contributed by atoms with Crippen LogP contribution in [0.1, 0.15) is 93.8 Å². The van der Waals surface area contributed by atoms with Gasteiger partial charge in [0.05, 0.1) is 12.1 Å². The van der Waals surface area contributed by atoms with E-state index in [1.165, 1.54) is 30.6 Å². The molecule has 238 valence electrons. The number of anilines is 2. The monoisotopic (exact) mass is 606 g/mol. The maximum atomic E-state index is 13.5. The zero-order chi connectivity index (χ0) is 31.1. The van der Waals surface area contributed by atoms with Crippen LogP contribution in [0.15, 0.2) is 24.3 Å². The number of nitrogens with zero attached hydrogens (tertiary/aromatic N) is 4. The van der Waals surface area contributed by atoms with Gasteiger partial charge in [0.25, 0.3) is 5.91 Å². The first-order chi connectivity index (χ1) is 21.0. The lowest BCUT2D eigenvalue weighted by molar-refractivity contribution is -0.0113. The molecular weight excluding hydrogens is 560 g/mol. The van der Waals surface area contributed by atoms with E-state index in [1.54, 1.807) is 39.0 Å². The topological polar surface area (TPSA) is 140 Å². The van der Waals surface area contributed by atoms with Crippen molar-refractivity contribution in [2.45, 2.75) is 109 Å². The summed E-state index contributed by atoms with van der Waals surface area (Å²) in [7, 11) is 0. The van der Waals surface area contributed by atoms with Crippen molar-refractivity contribution >= 4 is 23.8 Å². The molecule has 4 N–H and O–H groups in total. The van der Waals surface area contributed by atoms with E-state index in [-0.39, 0.29) is 24.5 Å². The van der Waals surface area contributed by atoms with Gasteiger partial charge in [-0.2, -0.15) is 4.98 Å². The first-order valence-corrected chi connectivity index (χ1v) is 16.1. The average molecular weight is 607 g/mol. The van der Waals surface area contributed by atoms with Crippen LogP contribution in [0.2, 0.25) is 0 Å². The van der Waals surface area contributed by atoms with E-state index < -0.39 is 29.7 Å². The largest absolute Gasteiger partial charge is 0.508 e. The number of amides is 2. The van der Waals surface area contributed by atoms with Crippen LogP contribution < -0.4 is 15.5 Å². The molecule has 1 aromatic carbocycles. The van der Waals surface area contributed by atoms with Gasteiger partial charge < -0.3 is 30.5 Å². The highest BCUT2D eigenvalue weighted by atomic mass is 16.6. The molecule has 2 atom stereocenters. The van der Waals surface area contributed by atoms with E-state index in [0.29, 0.717) is 29.6 Å². The summed E-state index contributed by atoms with van der Waals surface area (Å²) in [6.45, 7) is 7.19. The minimum Gasteiger partial charge on any atom is -0.508 e. The Bertz CT molecular complexity index is 1380. The van der Waals surface area contributed by atoms with E-state index in [1.807, 2.05) is 6.07 Å². The zero-order valence-electron chi connectivity index (χ0n) is 26.1. The van der Waals surface area contributed by atoms with E-state index in [9.17, 15) is 19.8 Å². The van der Waals surface area contributed by atoms with Crippen LogP contribution in [-0.2, 0) is 17.7 Å². The Morgan fingerprint density at radius 2 is 1.82 bits per heavy atom. The first kappa shape index (κ1) is 30.4. The van der Waals surface area contributed by atoms with Crippen molar-refractivity contribution in [2.75, 3.05) is 29.9 Å². The zero-order valence-corrected chi connectivity index (χ0v) is 26.1. The summed E-state index contributed by atoms with van der Waals surface area (Å²) in [5, 5.41) is 27.8. The fourth-order valence-corrected chi connectivity index (χ4v) is 7.12. The summed E-state index contributed by atoms with van der Waals surface area (Å²) >= 11 is 0. The molecule has 11 heteroatoms. The number of rotatable bonds is 7. The molecule has 11 nitrogen and oxygen atoms in total. The molecule has 0 unspecified atom stereocenters. The number of phenolic OH excluding ortho intramolecular Hbond substituents is 1. The lowest BCUT2D eigenvalue weighted by Gasteiger charge is -2.54. The summed E-state index contributed by atoms with van der Waals surface area (Å²) < 4.78 is 5.65. The van der Waals surface area contributed by atoms with Gasteiger partial charge >= 0.3 is 6.09 Å². The van der Waals surface area contributed by atoms with E-state index in [0.717, 1.165) is 49.9 Å². The van der Waals surface area contributed by atoms with Crippen molar-refractivity contribution in [2.24, 2.45) is 5.41 Å². The Kier molecular flexibility index (Phi) is 8.34. The lowest BCUT2D eigenvalue weighted by atomic mass is 9.54. The van der Waals surface area contributed by atoms with Gasteiger partial charge in [-0.05, 0) is 101 Å². The van der Waals surface area contributed by atoms with Gasteiger partial charge in [-0.15, -0.1) is 0 Å². The molecule has 44 heavy (non-hydrogen) atoms. The van der Waals surface area contributed by atoms with Gasteiger partial charge in [-0.3, -0.25) is 9.69 Å². The molecule has 6 rings (SSSR count). The van der Waals surface area contributed by atoms with Gasteiger partial charge in [0.2, 0.25) is 5.95 Å². The van der Waals surface area contributed by atoms with Gasteiger partial charge in [0.15, 0.2) is 0 Å². The summed E-state index contributed by atoms with van der Waals surface area (Å²) in [6, 6.07) is 6.47. The van der Waals surface area contributed by atoms with Crippen LogP contribution in [0.4, 0.5) is 16.6 Å². The van der Waals surface area contributed by atoms with Gasteiger partial charge in [0, 0.05) is 38.3 Å².